The van der Waals surface area contributed by atoms with E-state index >= 15 is 0 Å². The van der Waals surface area contributed by atoms with Gasteiger partial charge >= 0.3 is 0 Å². The lowest BCUT2D eigenvalue weighted by atomic mass is 10.0. The molecule has 0 aliphatic carbocycles. The Balaban J connectivity index is 2.64. The lowest BCUT2D eigenvalue weighted by Gasteiger charge is -2.13. The summed E-state index contributed by atoms with van der Waals surface area (Å²) < 4.78 is 5.14. The molecule has 0 saturated heterocycles. The zero-order chi connectivity index (χ0) is 11.3. The molecule has 1 amide bonds. The topological polar surface area (TPSA) is 38.3 Å². The minimum atomic E-state index is 0.00439. The number of nitrogens with one attached hydrogen (secondary N) is 1. The van der Waals surface area contributed by atoms with Crippen LogP contribution in [-0.4, -0.2) is 19.6 Å². The molecule has 0 aliphatic rings. The molecule has 1 aromatic carbocycles. The van der Waals surface area contributed by atoms with Crippen molar-refractivity contribution >= 4 is 5.91 Å². The second kappa shape index (κ2) is 5.39. The van der Waals surface area contributed by atoms with Crippen molar-refractivity contribution in [2.75, 3.05) is 13.7 Å². The Kier molecular flexibility index (Phi) is 4.16. The molecule has 1 atom stereocenters. The van der Waals surface area contributed by atoms with Crippen LogP contribution in [0.25, 0.3) is 0 Å². The van der Waals surface area contributed by atoms with Crippen molar-refractivity contribution in [2.45, 2.75) is 19.8 Å². The minimum Gasteiger partial charge on any atom is -0.497 e. The molecule has 82 valence electrons. The van der Waals surface area contributed by atoms with E-state index in [2.05, 4.69) is 12.2 Å². The Morgan fingerprint density at radius 2 is 2.27 bits per heavy atom. The van der Waals surface area contributed by atoms with E-state index in [1.807, 2.05) is 24.3 Å². The summed E-state index contributed by atoms with van der Waals surface area (Å²) in [6.45, 7) is 4.26. The van der Waals surface area contributed by atoms with E-state index < -0.39 is 0 Å². The van der Waals surface area contributed by atoms with Crippen LogP contribution in [0.15, 0.2) is 24.3 Å². The highest BCUT2D eigenvalue weighted by molar-refractivity contribution is 5.72. The molecule has 0 radical (unpaired) electrons. The fourth-order valence-corrected chi connectivity index (χ4v) is 1.36. The average Bonchev–Trinajstić information content (AvgIpc) is 2.26. The lowest BCUT2D eigenvalue weighted by Crippen LogP contribution is -2.24. The fraction of sp³-hybridized carbons (Fsp3) is 0.417. The molecule has 0 saturated carbocycles. The number of hydrogen-bond acceptors (Lipinski definition) is 2. The predicted molar refractivity (Wildman–Crippen MR) is 60.1 cm³/mol. The molecular formula is C12H17NO2. The van der Waals surface area contributed by atoms with Crippen molar-refractivity contribution in [1.29, 1.82) is 0 Å². The van der Waals surface area contributed by atoms with Crippen molar-refractivity contribution in [3.05, 3.63) is 29.8 Å². The normalized spacial score (nSPS) is 11.9. The molecule has 0 aromatic heterocycles. The van der Waals surface area contributed by atoms with Gasteiger partial charge in [0, 0.05) is 13.5 Å². The van der Waals surface area contributed by atoms with Crippen molar-refractivity contribution in [3.8, 4) is 5.75 Å². The average molecular weight is 207 g/mol. The van der Waals surface area contributed by atoms with Crippen LogP contribution in [0, 0.1) is 0 Å². The lowest BCUT2D eigenvalue weighted by molar-refractivity contribution is -0.119. The molecule has 15 heavy (non-hydrogen) atoms. The Morgan fingerprint density at radius 3 is 2.87 bits per heavy atom. The van der Waals surface area contributed by atoms with Crippen LogP contribution in [0.5, 0.6) is 5.75 Å². The van der Waals surface area contributed by atoms with Gasteiger partial charge < -0.3 is 10.1 Å². The van der Waals surface area contributed by atoms with E-state index in [0.717, 1.165) is 5.75 Å². The third-order valence-corrected chi connectivity index (χ3v) is 2.32. The third kappa shape index (κ3) is 3.62. The van der Waals surface area contributed by atoms with Gasteiger partial charge in [-0.25, -0.2) is 0 Å². The van der Waals surface area contributed by atoms with Crippen LogP contribution in [0.1, 0.15) is 25.3 Å². The van der Waals surface area contributed by atoms with E-state index in [9.17, 15) is 4.79 Å². The molecule has 0 aliphatic heterocycles. The van der Waals surface area contributed by atoms with E-state index in [0.29, 0.717) is 12.5 Å². The standard InChI is InChI=1S/C12H17NO2/c1-9(8-13-10(2)14)11-5-4-6-12(7-11)15-3/h4-7,9H,8H2,1-3H3,(H,13,14). The number of methoxy groups -OCH3 is 1. The van der Waals surface area contributed by atoms with Crippen molar-refractivity contribution < 1.29 is 9.53 Å². The first-order chi connectivity index (χ1) is 7.13. The fourth-order valence-electron chi connectivity index (χ4n) is 1.36. The van der Waals surface area contributed by atoms with E-state index in [4.69, 9.17) is 4.74 Å². The van der Waals surface area contributed by atoms with Crippen LogP contribution in [0.2, 0.25) is 0 Å². The Morgan fingerprint density at radius 1 is 1.53 bits per heavy atom. The summed E-state index contributed by atoms with van der Waals surface area (Å²) in [5, 5.41) is 2.80. The van der Waals surface area contributed by atoms with Crippen LogP contribution < -0.4 is 10.1 Å². The monoisotopic (exact) mass is 207 g/mol. The van der Waals surface area contributed by atoms with Gasteiger partial charge in [-0.15, -0.1) is 0 Å². The maximum absolute atomic E-state index is 10.8. The second-order valence-corrected chi connectivity index (χ2v) is 3.61. The largest absolute Gasteiger partial charge is 0.497 e. The Labute approximate surface area is 90.4 Å². The third-order valence-electron chi connectivity index (χ3n) is 2.32. The summed E-state index contributed by atoms with van der Waals surface area (Å²) in [6, 6.07) is 7.90. The van der Waals surface area contributed by atoms with Crippen LogP contribution in [-0.2, 0) is 4.79 Å². The van der Waals surface area contributed by atoms with Crippen molar-refractivity contribution in [3.63, 3.8) is 0 Å². The quantitative estimate of drug-likeness (QED) is 0.819. The molecule has 0 fully saturated rings. The second-order valence-electron chi connectivity index (χ2n) is 3.61. The van der Waals surface area contributed by atoms with Gasteiger partial charge in [-0.2, -0.15) is 0 Å². The van der Waals surface area contributed by atoms with Crippen molar-refractivity contribution in [2.24, 2.45) is 0 Å². The smallest absolute Gasteiger partial charge is 0.216 e. The number of benzene rings is 1. The number of rotatable bonds is 4. The molecule has 1 rings (SSSR count). The van der Waals surface area contributed by atoms with Gasteiger partial charge in [0.25, 0.3) is 0 Å². The van der Waals surface area contributed by atoms with Gasteiger partial charge in [0.05, 0.1) is 7.11 Å². The first-order valence-electron chi connectivity index (χ1n) is 5.02. The van der Waals surface area contributed by atoms with Gasteiger partial charge in [-0.3, -0.25) is 4.79 Å². The van der Waals surface area contributed by atoms with Crippen LogP contribution in [0.4, 0.5) is 0 Å². The van der Waals surface area contributed by atoms with Crippen molar-refractivity contribution in [1.82, 2.24) is 5.32 Å². The van der Waals surface area contributed by atoms with Gasteiger partial charge in [0.15, 0.2) is 0 Å². The molecule has 0 heterocycles. The SMILES string of the molecule is COc1cccc(C(C)CNC(C)=O)c1. The summed E-state index contributed by atoms with van der Waals surface area (Å²) in [4.78, 5) is 10.8. The molecule has 0 spiro atoms. The van der Waals surface area contributed by atoms with Gasteiger partial charge in [0.2, 0.25) is 5.91 Å². The molecule has 3 heteroatoms. The number of hydrogen-bond donors (Lipinski definition) is 1. The predicted octanol–water partition coefficient (Wildman–Crippen LogP) is 1.93. The van der Waals surface area contributed by atoms with Gasteiger partial charge in [-0.1, -0.05) is 19.1 Å². The van der Waals surface area contributed by atoms with E-state index in [-0.39, 0.29) is 5.91 Å². The Hall–Kier alpha value is -1.51. The van der Waals surface area contributed by atoms with E-state index in [1.165, 1.54) is 12.5 Å². The van der Waals surface area contributed by atoms with Gasteiger partial charge in [-0.05, 0) is 23.6 Å². The highest BCUT2D eigenvalue weighted by Gasteiger charge is 2.06. The molecule has 1 aromatic rings. The summed E-state index contributed by atoms with van der Waals surface area (Å²) in [5.74, 6) is 1.15. The van der Waals surface area contributed by atoms with E-state index in [1.54, 1.807) is 7.11 Å². The maximum atomic E-state index is 10.8. The highest BCUT2D eigenvalue weighted by Crippen LogP contribution is 2.19. The summed E-state index contributed by atoms with van der Waals surface area (Å²) >= 11 is 0. The molecule has 1 unspecified atom stereocenters. The van der Waals surface area contributed by atoms with Gasteiger partial charge in [0.1, 0.15) is 5.75 Å². The number of carbonyl (C=O) groups is 1. The van der Waals surface area contributed by atoms with Crippen LogP contribution >= 0.6 is 0 Å². The first kappa shape index (κ1) is 11.6. The van der Waals surface area contributed by atoms with Crippen LogP contribution in [0.3, 0.4) is 0 Å². The summed E-state index contributed by atoms with van der Waals surface area (Å²) in [7, 11) is 1.65. The Bertz CT molecular complexity index is 336. The molecule has 3 nitrogen and oxygen atoms in total. The number of carbonyl (C=O) groups excluding carboxylic acids is 1. The summed E-state index contributed by atoms with van der Waals surface area (Å²) in [6.07, 6.45) is 0. The molecule has 1 N–H and O–H groups in total. The molecular weight excluding hydrogens is 190 g/mol. The summed E-state index contributed by atoms with van der Waals surface area (Å²) in [5.41, 5.74) is 1.17. The number of amides is 1. The first-order valence-corrected chi connectivity index (χ1v) is 5.02. The zero-order valence-corrected chi connectivity index (χ0v) is 9.41. The molecule has 0 bridgehead atoms. The zero-order valence-electron chi connectivity index (χ0n) is 9.41. The maximum Gasteiger partial charge on any atom is 0.216 e. The number of ether oxygens (including phenoxy) is 1. The minimum absolute atomic E-state index is 0.00439. The highest BCUT2D eigenvalue weighted by atomic mass is 16.5.